The van der Waals surface area contributed by atoms with Gasteiger partial charge in [0, 0.05) is 44.1 Å². The Morgan fingerprint density at radius 2 is 2.05 bits per heavy atom. The Balaban J connectivity index is 1.30. The summed E-state index contributed by atoms with van der Waals surface area (Å²) in [6.07, 6.45) is 2.53. The van der Waals surface area contributed by atoms with E-state index in [1.165, 1.54) is 12.1 Å². The van der Waals surface area contributed by atoms with Gasteiger partial charge in [0.15, 0.2) is 0 Å². The molecule has 4 aliphatic heterocycles. The SMILES string of the molecule is CCc1c(F)ccc2cc(O)cc(N3Cc4nc(OCC56CCCN5CC(F)C6)nc(N5CCCOC(C)C5)c4C3=O)c12. The number of anilines is 2. The van der Waals surface area contributed by atoms with Crippen LogP contribution < -0.4 is 14.5 Å². The molecule has 1 amide bonds. The minimum Gasteiger partial charge on any atom is -0.508 e. The molecule has 43 heavy (non-hydrogen) atoms. The number of carbonyl (C=O) groups excluding carboxylic acids is 1. The average Bonchev–Trinajstić information content (AvgIpc) is 3.55. The normalized spacial score (nSPS) is 25.8. The number of rotatable bonds is 6. The number of aromatic nitrogens is 2. The molecule has 0 saturated carbocycles. The molecule has 1 N–H and O–H groups in total. The Labute approximate surface area is 249 Å². The van der Waals surface area contributed by atoms with Gasteiger partial charge < -0.3 is 24.4 Å². The fraction of sp³-hybridized carbons (Fsp3) is 0.531. The van der Waals surface area contributed by atoms with E-state index in [2.05, 4.69) is 9.80 Å². The summed E-state index contributed by atoms with van der Waals surface area (Å²) in [6, 6.07) is 6.26. The molecule has 3 fully saturated rings. The van der Waals surface area contributed by atoms with Gasteiger partial charge in [-0.1, -0.05) is 13.0 Å². The molecule has 4 aliphatic rings. The van der Waals surface area contributed by atoms with E-state index in [0.29, 0.717) is 78.2 Å². The molecule has 228 valence electrons. The molecule has 1 aromatic heterocycles. The molecule has 7 rings (SSSR count). The van der Waals surface area contributed by atoms with Crippen molar-refractivity contribution in [1.29, 1.82) is 0 Å². The Morgan fingerprint density at radius 3 is 2.88 bits per heavy atom. The van der Waals surface area contributed by atoms with E-state index >= 15 is 0 Å². The van der Waals surface area contributed by atoms with Crippen molar-refractivity contribution in [2.45, 2.75) is 70.3 Å². The Kier molecular flexibility index (Phi) is 7.12. The van der Waals surface area contributed by atoms with E-state index in [9.17, 15) is 18.7 Å². The van der Waals surface area contributed by atoms with Crippen molar-refractivity contribution in [2.75, 3.05) is 49.2 Å². The zero-order valence-corrected chi connectivity index (χ0v) is 24.6. The highest BCUT2D eigenvalue weighted by Gasteiger charge is 2.49. The van der Waals surface area contributed by atoms with Crippen LogP contribution in [0.5, 0.6) is 11.8 Å². The molecule has 3 aromatic rings. The lowest BCUT2D eigenvalue weighted by Crippen LogP contribution is -2.43. The average molecular weight is 594 g/mol. The topological polar surface area (TPSA) is 91.3 Å². The minimum absolute atomic E-state index is 0.0168. The molecule has 0 spiro atoms. The molecular formula is C32H37F2N5O4. The number of amides is 1. The lowest BCUT2D eigenvalue weighted by Gasteiger charge is -2.31. The van der Waals surface area contributed by atoms with Gasteiger partial charge in [-0.15, -0.1) is 0 Å². The van der Waals surface area contributed by atoms with Crippen LogP contribution in [0.1, 0.15) is 61.1 Å². The molecule has 0 radical (unpaired) electrons. The van der Waals surface area contributed by atoms with Crippen molar-refractivity contribution >= 4 is 28.2 Å². The van der Waals surface area contributed by atoms with Gasteiger partial charge >= 0.3 is 6.01 Å². The van der Waals surface area contributed by atoms with Gasteiger partial charge in [0.25, 0.3) is 5.91 Å². The van der Waals surface area contributed by atoms with Crippen LogP contribution in [0.25, 0.3) is 10.8 Å². The van der Waals surface area contributed by atoms with Gasteiger partial charge in [-0.3, -0.25) is 9.69 Å². The Bertz CT molecular complexity index is 1590. The first kappa shape index (κ1) is 28.2. The second kappa shape index (κ2) is 10.9. The number of hydrogen-bond donors (Lipinski definition) is 1. The fourth-order valence-electron chi connectivity index (χ4n) is 7.52. The maximum Gasteiger partial charge on any atom is 0.318 e. The van der Waals surface area contributed by atoms with E-state index in [0.717, 1.165) is 25.8 Å². The highest BCUT2D eigenvalue weighted by atomic mass is 19.1. The number of ether oxygens (including phenoxy) is 2. The molecular weight excluding hydrogens is 556 g/mol. The molecule has 5 heterocycles. The second-order valence-corrected chi connectivity index (χ2v) is 12.3. The summed E-state index contributed by atoms with van der Waals surface area (Å²) in [4.78, 5) is 29.6. The predicted molar refractivity (Wildman–Crippen MR) is 158 cm³/mol. The number of nitrogens with zero attached hydrogens (tertiary/aromatic N) is 5. The van der Waals surface area contributed by atoms with E-state index in [4.69, 9.17) is 19.4 Å². The number of aryl methyl sites for hydroxylation is 1. The van der Waals surface area contributed by atoms with E-state index in [1.54, 1.807) is 17.0 Å². The number of alkyl halides is 1. The number of phenols is 1. The van der Waals surface area contributed by atoms with Crippen LogP contribution in [0.4, 0.5) is 20.3 Å². The van der Waals surface area contributed by atoms with E-state index in [-0.39, 0.29) is 48.3 Å². The number of halogens is 2. The van der Waals surface area contributed by atoms with Crippen molar-refractivity contribution < 1.29 is 28.2 Å². The summed E-state index contributed by atoms with van der Waals surface area (Å²) >= 11 is 0. The largest absolute Gasteiger partial charge is 0.508 e. The van der Waals surface area contributed by atoms with Gasteiger partial charge in [-0.05, 0) is 62.2 Å². The third-order valence-electron chi connectivity index (χ3n) is 9.47. The lowest BCUT2D eigenvalue weighted by molar-refractivity contribution is 0.0819. The van der Waals surface area contributed by atoms with Crippen molar-refractivity contribution in [3.63, 3.8) is 0 Å². The van der Waals surface area contributed by atoms with Crippen LogP contribution in [-0.2, 0) is 17.7 Å². The van der Waals surface area contributed by atoms with E-state index in [1.807, 2.05) is 13.8 Å². The monoisotopic (exact) mass is 593 g/mol. The van der Waals surface area contributed by atoms with Crippen LogP contribution in [-0.4, -0.2) is 83.1 Å². The lowest BCUT2D eigenvalue weighted by atomic mass is 9.95. The number of benzene rings is 2. The Hall–Kier alpha value is -3.57. The van der Waals surface area contributed by atoms with Gasteiger partial charge in [-0.25, -0.2) is 8.78 Å². The molecule has 0 bridgehead atoms. The van der Waals surface area contributed by atoms with Gasteiger partial charge in [-0.2, -0.15) is 9.97 Å². The number of hydrogen-bond acceptors (Lipinski definition) is 8. The van der Waals surface area contributed by atoms with Crippen LogP contribution in [0.15, 0.2) is 24.3 Å². The fourth-order valence-corrected chi connectivity index (χ4v) is 7.52. The van der Waals surface area contributed by atoms with Crippen LogP contribution in [0.2, 0.25) is 0 Å². The number of carbonyl (C=O) groups is 1. The van der Waals surface area contributed by atoms with Crippen molar-refractivity contribution in [3.05, 3.63) is 46.9 Å². The van der Waals surface area contributed by atoms with Gasteiger partial charge in [0.05, 0.1) is 29.6 Å². The standard InChI is InChI=1S/C32H37F2N5O4/c1-3-23-24(34)7-6-20-12-22(40)13-26(27(20)23)39-17-25-28(30(39)41)29(37-9-5-11-42-19(2)15-37)36-31(35-25)43-18-32-8-4-10-38(32)16-21(33)14-32/h6-7,12-13,19,21,40H,3-5,8-11,14-18H2,1-2H3. The molecule has 3 saturated heterocycles. The maximum atomic E-state index is 15.0. The summed E-state index contributed by atoms with van der Waals surface area (Å²) < 4.78 is 41.5. The first-order valence-corrected chi connectivity index (χ1v) is 15.3. The minimum atomic E-state index is -0.875. The summed E-state index contributed by atoms with van der Waals surface area (Å²) in [5.41, 5.74) is 1.42. The highest BCUT2D eigenvalue weighted by Crippen LogP contribution is 2.43. The number of phenolic OH excluding ortho intramolecular Hbond substituents is 1. The number of aromatic hydroxyl groups is 1. The summed E-state index contributed by atoms with van der Waals surface area (Å²) in [6.45, 7) is 7.32. The van der Waals surface area contributed by atoms with Crippen molar-refractivity contribution in [2.24, 2.45) is 0 Å². The van der Waals surface area contributed by atoms with Crippen LogP contribution in [0.3, 0.4) is 0 Å². The third kappa shape index (κ3) is 4.86. The van der Waals surface area contributed by atoms with Crippen LogP contribution in [0, 0.1) is 5.82 Å². The first-order chi connectivity index (χ1) is 20.8. The quantitative estimate of drug-likeness (QED) is 0.437. The summed E-state index contributed by atoms with van der Waals surface area (Å²) in [5, 5.41) is 11.8. The predicted octanol–water partition coefficient (Wildman–Crippen LogP) is 4.77. The second-order valence-electron chi connectivity index (χ2n) is 12.3. The molecule has 9 nitrogen and oxygen atoms in total. The van der Waals surface area contributed by atoms with Crippen molar-refractivity contribution in [1.82, 2.24) is 14.9 Å². The molecule has 0 aliphatic carbocycles. The van der Waals surface area contributed by atoms with Gasteiger partial charge in [0.1, 0.15) is 35.7 Å². The maximum absolute atomic E-state index is 15.0. The van der Waals surface area contributed by atoms with Crippen LogP contribution >= 0.6 is 0 Å². The zero-order chi connectivity index (χ0) is 29.9. The summed E-state index contributed by atoms with van der Waals surface area (Å²) in [7, 11) is 0. The molecule has 3 atom stereocenters. The highest BCUT2D eigenvalue weighted by molar-refractivity contribution is 6.16. The smallest absolute Gasteiger partial charge is 0.318 e. The molecule has 2 aromatic carbocycles. The van der Waals surface area contributed by atoms with E-state index < -0.39 is 6.17 Å². The summed E-state index contributed by atoms with van der Waals surface area (Å²) in [5.74, 6) is -0.212. The van der Waals surface area contributed by atoms with Gasteiger partial charge in [0.2, 0.25) is 0 Å². The Morgan fingerprint density at radius 1 is 1.19 bits per heavy atom. The zero-order valence-electron chi connectivity index (χ0n) is 24.6. The molecule has 11 heteroatoms. The van der Waals surface area contributed by atoms with Crippen molar-refractivity contribution in [3.8, 4) is 11.8 Å². The first-order valence-electron chi connectivity index (χ1n) is 15.3. The number of fused-ring (bicyclic) bond motifs is 3. The third-order valence-corrected chi connectivity index (χ3v) is 9.47. The molecule has 3 unspecified atom stereocenters.